The molecule has 68 valence electrons. The van der Waals surface area contributed by atoms with Crippen molar-refractivity contribution in [3.05, 3.63) is 41.3 Å². The first kappa shape index (κ1) is 8.56. The van der Waals surface area contributed by atoms with E-state index >= 15 is 0 Å². The number of hydrogen-bond acceptors (Lipinski definition) is 3. The number of aliphatic imine (C=N–C) groups is 1. The largest absolute Gasteiger partial charge is 0.264 e. The minimum Gasteiger partial charge on any atom is -0.264 e. The van der Waals surface area contributed by atoms with Crippen molar-refractivity contribution in [1.82, 2.24) is 0 Å². The van der Waals surface area contributed by atoms with Crippen molar-refractivity contribution < 1.29 is 0 Å². The van der Waals surface area contributed by atoms with Crippen molar-refractivity contribution in [1.29, 1.82) is 0 Å². The Balaban J connectivity index is 2.90. The fourth-order valence-corrected chi connectivity index (χ4v) is 1.49. The van der Waals surface area contributed by atoms with Crippen LogP contribution in [0, 0.1) is 4.91 Å². The Morgan fingerprint density at radius 2 is 1.50 bits per heavy atom. The third-order valence-electron chi connectivity index (χ3n) is 2.14. The van der Waals surface area contributed by atoms with E-state index < -0.39 is 0 Å². The number of nitrogens with zero attached hydrogens (tertiary/aromatic N) is 2. The molecule has 3 heteroatoms. The molecule has 2 rings (SSSR count). The molecule has 0 radical (unpaired) electrons. The molecule has 0 fully saturated rings. The monoisotopic (exact) mass is 184 g/mol. The van der Waals surface area contributed by atoms with Crippen LogP contribution < -0.4 is 0 Å². The molecule has 0 aliphatic rings. The first-order valence-corrected chi connectivity index (χ1v) is 4.18. The average Bonchev–Trinajstić information content (AvgIpc) is 2.27. The molecule has 3 nitrogen and oxygen atoms in total. The van der Waals surface area contributed by atoms with Gasteiger partial charge < -0.3 is 0 Å². The van der Waals surface area contributed by atoms with Gasteiger partial charge in [-0.15, -0.1) is 4.91 Å². The van der Waals surface area contributed by atoms with E-state index in [0.29, 0.717) is 5.69 Å². The van der Waals surface area contributed by atoms with Gasteiger partial charge in [-0.2, -0.15) is 0 Å². The van der Waals surface area contributed by atoms with Crippen molar-refractivity contribution in [2.24, 2.45) is 10.2 Å². The molecule has 14 heavy (non-hydrogen) atoms. The van der Waals surface area contributed by atoms with Crippen molar-refractivity contribution >= 4 is 28.9 Å². The van der Waals surface area contributed by atoms with E-state index in [0.717, 1.165) is 16.5 Å². The smallest absolute Gasteiger partial charge is 0.115 e. The average molecular weight is 184 g/mol. The molecule has 0 heterocycles. The van der Waals surface area contributed by atoms with Gasteiger partial charge in [0.1, 0.15) is 5.69 Å². The highest BCUT2D eigenvalue weighted by Gasteiger charge is 2.02. The molecule has 0 saturated heterocycles. The third kappa shape index (κ3) is 1.19. The maximum Gasteiger partial charge on any atom is 0.115 e. The van der Waals surface area contributed by atoms with E-state index in [1.54, 1.807) is 12.1 Å². The second-order valence-electron chi connectivity index (χ2n) is 2.90. The zero-order valence-corrected chi connectivity index (χ0v) is 7.47. The molecule has 0 aromatic heterocycles. The zero-order valence-electron chi connectivity index (χ0n) is 7.47. The molecule has 0 unspecified atom stereocenters. The standard InChI is InChI=1S/C11H8N2O/c1-12-10-6-2-5-9-8(10)4-3-7-11(9)13-14/h2-7H,1H2. The lowest BCUT2D eigenvalue weighted by Crippen LogP contribution is -1.73. The van der Waals surface area contributed by atoms with Gasteiger partial charge in [-0.3, -0.25) is 4.99 Å². The van der Waals surface area contributed by atoms with Crippen LogP contribution in [0.4, 0.5) is 11.4 Å². The summed E-state index contributed by atoms with van der Waals surface area (Å²) in [5, 5.41) is 4.68. The van der Waals surface area contributed by atoms with Crippen LogP contribution in [0.5, 0.6) is 0 Å². The second kappa shape index (κ2) is 3.38. The van der Waals surface area contributed by atoms with Gasteiger partial charge in [0.05, 0.1) is 5.69 Å². The van der Waals surface area contributed by atoms with Gasteiger partial charge in [-0.05, 0) is 24.0 Å². The second-order valence-corrected chi connectivity index (χ2v) is 2.90. The molecule has 0 N–H and O–H groups in total. The third-order valence-corrected chi connectivity index (χ3v) is 2.14. The topological polar surface area (TPSA) is 41.8 Å². The summed E-state index contributed by atoms with van der Waals surface area (Å²) in [4.78, 5) is 14.4. The predicted molar refractivity (Wildman–Crippen MR) is 58.6 cm³/mol. The molecule has 0 bridgehead atoms. The quantitative estimate of drug-likeness (QED) is 0.519. The minimum atomic E-state index is 0.438. The van der Waals surface area contributed by atoms with Gasteiger partial charge >= 0.3 is 0 Å². The van der Waals surface area contributed by atoms with E-state index in [-0.39, 0.29) is 0 Å². The van der Waals surface area contributed by atoms with Gasteiger partial charge in [0.25, 0.3) is 0 Å². The molecule has 0 spiro atoms. The van der Waals surface area contributed by atoms with E-state index in [1.165, 1.54) is 0 Å². The molecule has 0 saturated carbocycles. The van der Waals surface area contributed by atoms with E-state index in [4.69, 9.17) is 0 Å². The molecule has 0 aliphatic carbocycles. The van der Waals surface area contributed by atoms with Crippen LogP contribution in [0.2, 0.25) is 0 Å². The van der Waals surface area contributed by atoms with Crippen LogP contribution in [0.15, 0.2) is 46.6 Å². The van der Waals surface area contributed by atoms with Crippen LogP contribution in [0.3, 0.4) is 0 Å². The molecule has 2 aromatic carbocycles. The molecule has 0 aliphatic heterocycles. The summed E-state index contributed by atoms with van der Waals surface area (Å²) in [5.74, 6) is 0. The Bertz CT molecular complexity index is 458. The summed E-state index contributed by atoms with van der Waals surface area (Å²) < 4.78 is 0. The fourth-order valence-electron chi connectivity index (χ4n) is 1.49. The summed E-state index contributed by atoms with van der Waals surface area (Å²) in [7, 11) is 0. The van der Waals surface area contributed by atoms with Crippen LogP contribution in [-0.2, 0) is 0 Å². The predicted octanol–water partition coefficient (Wildman–Crippen LogP) is 3.57. The number of fused-ring (bicyclic) bond motifs is 1. The SMILES string of the molecule is C=Nc1cccc2c(N=O)cccc12. The highest BCUT2D eigenvalue weighted by Crippen LogP contribution is 2.31. The van der Waals surface area contributed by atoms with Crippen molar-refractivity contribution in [3.8, 4) is 0 Å². The minimum absolute atomic E-state index is 0.438. The number of benzene rings is 2. The highest BCUT2D eigenvalue weighted by molar-refractivity contribution is 5.99. The number of rotatable bonds is 2. The van der Waals surface area contributed by atoms with Crippen LogP contribution in [0.25, 0.3) is 10.8 Å². The van der Waals surface area contributed by atoms with Gasteiger partial charge in [0.2, 0.25) is 0 Å². The first-order valence-electron chi connectivity index (χ1n) is 4.18. The van der Waals surface area contributed by atoms with Gasteiger partial charge in [-0.1, -0.05) is 24.3 Å². The van der Waals surface area contributed by atoms with Crippen molar-refractivity contribution in [2.75, 3.05) is 0 Å². The first-order chi connectivity index (χ1) is 6.86. The maximum absolute atomic E-state index is 10.5. The Morgan fingerprint density at radius 3 is 2.07 bits per heavy atom. The molecular formula is C11H8N2O. The zero-order chi connectivity index (χ0) is 9.97. The lowest BCUT2D eigenvalue weighted by Gasteiger charge is -2.01. The van der Waals surface area contributed by atoms with Gasteiger partial charge in [0.15, 0.2) is 0 Å². The van der Waals surface area contributed by atoms with Crippen LogP contribution in [0.1, 0.15) is 0 Å². The summed E-state index contributed by atoms with van der Waals surface area (Å²) in [5.41, 5.74) is 1.21. The van der Waals surface area contributed by atoms with Crippen molar-refractivity contribution in [2.45, 2.75) is 0 Å². The molecule has 0 amide bonds. The van der Waals surface area contributed by atoms with Crippen LogP contribution >= 0.6 is 0 Å². The number of nitroso groups, excluding NO2 is 1. The number of hydrogen-bond donors (Lipinski definition) is 0. The molecular weight excluding hydrogens is 176 g/mol. The lowest BCUT2D eigenvalue weighted by atomic mass is 10.1. The van der Waals surface area contributed by atoms with E-state index in [1.807, 2.05) is 24.3 Å². The normalized spacial score (nSPS) is 10.0. The highest BCUT2D eigenvalue weighted by atomic mass is 16.3. The molecule has 2 aromatic rings. The lowest BCUT2D eigenvalue weighted by molar-refractivity contribution is 1.52. The summed E-state index contributed by atoms with van der Waals surface area (Å²) >= 11 is 0. The Labute approximate surface area is 81.1 Å². The Hall–Kier alpha value is -2.03. The fraction of sp³-hybridized carbons (Fsp3) is 0. The van der Waals surface area contributed by atoms with Crippen molar-refractivity contribution in [3.63, 3.8) is 0 Å². The molecule has 0 atom stereocenters. The van der Waals surface area contributed by atoms with Crippen LogP contribution in [-0.4, -0.2) is 6.72 Å². The van der Waals surface area contributed by atoms with Gasteiger partial charge in [0, 0.05) is 10.8 Å². The Kier molecular flexibility index (Phi) is 2.07. The maximum atomic E-state index is 10.5. The summed E-state index contributed by atoms with van der Waals surface area (Å²) in [6, 6.07) is 10.9. The Morgan fingerprint density at radius 1 is 0.929 bits per heavy atom. The van der Waals surface area contributed by atoms with E-state index in [2.05, 4.69) is 16.9 Å². The summed E-state index contributed by atoms with van der Waals surface area (Å²) in [6.07, 6.45) is 0. The van der Waals surface area contributed by atoms with Gasteiger partial charge in [-0.25, -0.2) is 0 Å². The van der Waals surface area contributed by atoms with E-state index in [9.17, 15) is 4.91 Å². The summed E-state index contributed by atoms with van der Waals surface area (Å²) in [6.45, 7) is 3.48.